The van der Waals surface area contributed by atoms with Gasteiger partial charge in [-0.1, -0.05) is 12.1 Å². The van der Waals surface area contributed by atoms with Crippen LogP contribution in [0.2, 0.25) is 0 Å². The maximum Gasteiger partial charge on any atom is 0.270 e. The minimum atomic E-state index is -4.49. The summed E-state index contributed by atoms with van der Waals surface area (Å²) in [6.07, 6.45) is 13.0. The smallest absolute Gasteiger partial charge is 0.270 e. The van der Waals surface area contributed by atoms with Crippen molar-refractivity contribution in [3.05, 3.63) is 101 Å². The second-order valence-corrected chi connectivity index (χ2v) is 19.5. The predicted octanol–water partition coefficient (Wildman–Crippen LogP) is 8.48. The van der Waals surface area contributed by atoms with Crippen molar-refractivity contribution in [1.82, 2.24) is 24.6 Å². The molecule has 4 fully saturated rings. The molecule has 2 saturated heterocycles. The minimum Gasteiger partial charge on any atom is -0.455 e. The molecule has 326 valence electrons. The van der Waals surface area contributed by atoms with E-state index < -0.39 is 33.2 Å². The van der Waals surface area contributed by atoms with Crippen molar-refractivity contribution in [3.8, 4) is 11.5 Å². The van der Waals surface area contributed by atoms with E-state index in [-0.39, 0.29) is 39.3 Å². The summed E-state index contributed by atoms with van der Waals surface area (Å²) in [5, 5.41) is 17.3. The first kappa shape index (κ1) is 41.8. The van der Waals surface area contributed by atoms with Crippen LogP contribution in [0.5, 0.6) is 11.5 Å². The third kappa shape index (κ3) is 8.49. The Hall–Kier alpha value is -5.52. The molecule has 1 amide bonds. The SMILES string of the molecule is CC1(O)CCC(CNc2ccc(S(=O)(=O)NC(=O)c3cnc(N4CCC5(CC4)CC(N4CCC[C@H]4c4cccc(F)c4F)C5)cc3Oc3cnc4[nH]ccc4c3)cc2N=O)CC1. The number of hydrogen-bond acceptors (Lipinski definition) is 12. The van der Waals surface area contributed by atoms with E-state index in [9.17, 15) is 32.0 Å². The Morgan fingerprint density at radius 1 is 1.00 bits per heavy atom. The van der Waals surface area contributed by atoms with Crippen LogP contribution in [0.1, 0.15) is 93.1 Å². The second-order valence-electron chi connectivity index (χ2n) is 17.8. The first-order valence-electron chi connectivity index (χ1n) is 21.4. The number of nitrogens with zero attached hydrogens (tertiary/aromatic N) is 5. The first-order chi connectivity index (χ1) is 29.8. The van der Waals surface area contributed by atoms with Gasteiger partial charge in [-0.3, -0.25) is 9.69 Å². The van der Waals surface area contributed by atoms with Crippen LogP contribution in [0.3, 0.4) is 0 Å². The van der Waals surface area contributed by atoms with Crippen molar-refractivity contribution < 1.29 is 31.8 Å². The Kier molecular flexibility index (Phi) is 11.2. The summed E-state index contributed by atoms with van der Waals surface area (Å²) >= 11 is 0. The lowest BCUT2D eigenvalue weighted by atomic mass is 9.60. The van der Waals surface area contributed by atoms with Gasteiger partial charge in [0.05, 0.1) is 22.4 Å². The van der Waals surface area contributed by atoms with E-state index >= 15 is 0 Å². The van der Waals surface area contributed by atoms with E-state index in [4.69, 9.17) is 4.74 Å². The molecule has 0 bridgehead atoms. The van der Waals surface area contributed by atoms with Crippen LogP contribution in [0, 0.1) is 27.9 Å². The molecule has 3 aromatic heterocycles. The molecule has 62 heavy (non-hydrogen) atoms. The molecule has 0 radical (unpaired) electrons. The molecule has 2 saturated carbocycles. The summed E-state index contributed by atoms with van der Waals surface area (Å²) in [5.74, 6) is -1.31. The molecular formula is C45H50F2N8O6S. The lowest BCUT2D eigenvalue weighted by molar-refractivity contribution is -0.0232. The summed E-state index contributed by atoms with van der Waals surface area (Å²) in [4.78, 5) is 42.0. The topological polar surface area (TPSA) is 182 Å². The van der Waals surface area contributed by atoms with Crippen molar-refractivity contribution in [2.75, 3.05) is 36.4 Å². The number of likely N-dealkylation sites (tertiary alicyclic amines) is 1. The highest BCUT2D eigenvalue weighted by Crippen LogP contribution is 2.54. The van der Waals surface area contributed by atoms with Gasteiger partial charge in [-0.2, -0.15) is 0 Å². The molecule has 1 spiro atoms. The predicted molar refractivity (Wildman–Crippen MR) is 230 cm³/mol. The van der Waals surface area contributed by atoms with Crippen LogP contribution in [0.4, 0.5) is 26.0 Å². The summed E-state index contributed by atoms with van der Waals surface area (Å²) in [6.45, 7) is 4.60. The number of amides is 1. The molecule has 5 aromatic rings. The number of halogens is 2. The van der Waals surface area contributed by atoms with Gasteiger partial charge in [0.2, 0.25) is 0 Å². The number of rotatable bonds is 12. The van der Waals surface area contributed by atoms with Gasteiger partial charge in [0.1, 0.15) is 34.2 Å². The van der Waals surface area contributed by atoms with Crippen LogP contribution in [0.25, 0.3) is 11.0 Å². The van der Waals surface area contributed by atoms with Gasteiger partial charge in [0, 0.05) is 61.1 Å². The lowest BCUT2D eigenvalue weighted by Gasteiger charge is -2.55. The highest BCUT2D eigenvalue weighted by atomic mass is 32.2. The number of piperidine rings is 1. The molecule has 2 aliphatic heterocycles. The average molecular weight is 869 g/mol. The fraction of sp³-hybridized carbons (Fsp3) is 0.444. The van der Waals surface area contributed by atoms with E-state index in [0.29, 0.717) is 67.0 Å². The molecule has 4 aliphatic rings. The zero-order valence-electron chi connectivity index (χ0n) is 34.4. The maximum atomic E-state index is 14.8. The molecule has 14 nitrogen and oxygen atoms in total. The Morgan fingerprint density at radius 2 is 1.79 bits per heavy atom. The maximum absolute atomic E-state index is 14.8. The number of benzene rings is 2. The molecule has 0 unspecified atom stereocenters. The normalized spacial score (nSPS) is 23.0. The number of fused-ring (bicyclic) bond motifs is 1. The molecule has 5 heterocycles. The standard InChI is InChI=1S/C45H50F2N8O6S/c1-44(57)12-9-28(10-13-44)25-49-36-8-7-32(21-37(36)52-58)62(59,60)53-43(56)34-27-50-40(22-39(34)61-31-20-29-11-16-48-42(29)51-26-31)54-18-14-45(15-19-54)23-30(24-45)55-17-3-6-38(55)33-4-2-5-35(46)41(33)47/h2,4-5,7-8,11,16,20-22,26-28,30,38,49,57H,3,6,9-10,12-15,17-19,23-25H2,1H3,(H,48,51)(H,53,56)/t28?,38-,44?/m0/s1. The molecule has 9 rings (SSSR count). The third-order valence-electron chi connectivity index (χ3n) is 13.7. The Balaban J connectivity index is 0.889. The van der Waals surface area contributed by atoms with Crippen molar-refractivity contribution in [1.29, 1.82) is 0 Å². The van der Waals surface area contributed by atoms with Gasteiger partial charge in [0.15, 0.2) is 11.6 Å². The molecule has 1 atom stereocenters. The largest absolute Gasteiger partial charge is 0.455 e. The highest BCUT2D eigenvalue weighted by molar-refractivity contribution is 7.90. The minimum absolute atomic E-state index is 0.0760. The molecule has 17 heteroatoms. The van der Waals surface area contributed by atoms with Crippen LogP contribution < -0.4 is 19.7 Å². The molecule has 2 aromatic carbocycles. The molecular weight excluding hydrogens is 819 g/mol. The number of nitroso groups, excluding NO2 is 1. The van der Waals surface area contributed by atoms with Gasteiger partial charge in [-0.05, 0) is 131 Å². The van der Waals surface area contributed by atoms with Gasteiger partial charge in [-0.15, -0.1) is 4.91 Å². The number of ether oxygens (including phenoxy) is 1. The van der Waals surface area contributed by atoms with Crippen LogP contribution in [-0.2, 0) is 10.0 Å². The quantitative estimate of drug-likeness (QED) is 0.0883. The Labute approximate surface area is 358 Å². The number of carbonyl (C=O) groups excluding carboxylic acids is 1. The fourth-order valence-corrected chi connectivity index (χ4v) is 11.0. The third-order valence-corrected chi connectivity index (χ3v) is 15.0. The number of anilines is 2. The summed E-state index contributed by atoms with van der Waals surface area (Å²) < 4.78 is 64.6. The number of aromatic amines is 1. The summed E-state index contributed by atoms with van der Waals surface area (Å²) in [6, 6.07) is 13.7. The van der Waals surface area contributed by atoms with Crippen molar-refractivity contribution in [2.24, 2.45) is 16.5 Å². The monoisotopic (exact) mass is 868 g/mol. The van der Waals surface area contributed by atoms with E-state index in [1.165, 1.54) is 24.5 Å². The van der Waals surface area contributed by atoms with Gasteiger partial charge >= 0.3 is 0 Å². The van der Waals surface area contributed by atoms with Crippen molar-refractivity contribution in [3.63, 3.8) is 0 Å². The van der Waals surface area contributed by atoms with Gasteiger partial charge in [-0.25, -0.2) is 31.9 Å². The number of aliphatic hydroxyl groups is 1. The van der Waals surface area contributed by atoms with E-state index in [2.05, 4.69) is 40.0 Å². The summed E-state index contributed by atoms with van der Waals surface area (Å²) in [5.41, 5.74) is 0.655. The highest BCUT2D eigenvalue weighted by Gasteiger charge is 2.50. The average Bonchev–Trinajstić information content (AvgIpc) is 3.93. The van der Waals surface area contributed by atoms with Crippen LogP contribution in [0.15, 0.2) is 83.3 Å². The zero-order valence-corrected chi connectivity index (χ0v) is 35.3. The molecule has 4 N–H and O–H groups in total. The number of pyridine rings is 2. The van der Waals surface area contributed by atoms with Gasteiger partial charge < -0.3 is 25.0 Å². The van der Waals surface area contributed by atoms with E-state index in [1.54, 1.807) is 30.5 Å². The first-order valence-corrected chi connectivity index (χ1v) is 22.8. The van der Waals surface area contributed by atoms with Gasteiger partial charge in [0.25, 0.3) is 15.9 Å². The zero-order chi connectivity index (χ0) is 43.2. The lowest BCUT2D eigenvalue weighted by Crippen LogP contribution is -2.55. The van der Waals surface area contributed by atoms with E-state index in [1.807, 2.05) is 13.0 Å². The second kappa shape index (κ2) is 16.6. The van der Waals surface area contributed by atoms with Crippen LogP contribution in [-0.4, -0.2) is 77.1 Å². The van der Waals surface area contributed by atoms with Crippen molar-refractivity contribution >= 4 is 44.2 Å². The number of sulfonamides is 1. The number of hydrogen-bond donors (Lipinski definition) is 4. The van der Waals surface area contributed by atoms with Crippen molar-refractivity contribution in [2.45, 2.75) is 93.7 Å². The number of nitrogens with one attached hydrogen (secondary N) is 3. The number of carbonyl (C=O) groups is 1. The Morgan fingerprint density at radius 3 is 2.56 bits per heavy atom. The fourth-order valence-electron chi connectivity index (χ4n) is 9.99. The Bertz CT molecular complexity index is 2600. The van der Waals surface area contributed by atoms with E-state index in [0.717, 1.165) is 75.4 Å². The number of aromatic nitrogens is 3. The summed E-state index contributed by atoms with van der Waals surface area (Å²) in [7, 11) is -4.49. The van der Waals surface area contributed by atoms with Crippen LogP contribution >= 0.6 is 0 Å². The molecule has 2 aliphatic carbocycles. The number of H-pyrrole nitrogens is 1.